The van der Waals surface area contributed by atoms with E-state index in [9.17, 15) is 0 Å². The zero-order valence-corrected chi connectivity index (χ0v) is 9.24. The second-order valence-electron chi connectivity index (χ2n) is 4.88. The average molecular weight is 199 g/mol. The van der Waals surface area contributed by atoms with Gasteiger partial charge in [0.25, 0.3) is 0 Å². The summed E-state index contributed by atoms with van der Waals surface area (Å²) < 4.78 is 0. The van der Waals surface area contributed by atoms with Gasteiger partial charge in [-0.05, 0) is 42.6 Å². The topological polar surface area (TPSA) is 3.24 Å². The van der Waals surface area contributed by atoms with E-state index in [2.05, 4.69) is 42.8 Å². The molecule has 2 aliphatic rings. The van der Waals surface area contributed by atoms with Crippen LogP contribution >= 0.6 is 0 Å². The Morgan fingerprint density at radius 3 is 2.93 bits per heavy atom. The quantitative estimate of drug-likeness (QED) is 0.621. The van der Waals surface area contributed by atoms with Crippen LogP contribution in [0.3, 0.4) is 0 Å². The Morgan fingerprint density at radius 1 is 1.27 bits per heavy atom. The molecule has 0 amide bonds. The second-order valence-corrected chi connectivity index (χ2v) is 4.88. The Balaban J connectivity index is 2.06. The molecule has 0 aromatic heterocycles. The van der Waals surface area contributed by atoms with E-state index in [0.29, 0.717) is 11.8 Å². The molecule has 1 aliphatic carbocycles. The van der Waals surface area contributed by atoms with Crippen LogP contribution in [0.4, 0.5) is 0 Å². The van der Waals surface area contributed by atoms with Gasteiger partial charge in [-0.2, -0.15) is 0 Å². The third-order valence-corrected chi connectivity index (χ3v) is 3.97. The van der Waals surface area contributed by atoms with Crippen molar-refractivity contribution in [1.29, 1.82) is 0 Å². The van der Waals surface area contributed by atoms with Crippen molar-refractivity contribution in [3.8, 4) is 0 Å². The lowest BCUT2D eigenvalue weighted by atomic mass is 9.85. The van der Waals surface area contributed by atoms with Crippen LogP contribution in [0.5, 0.6) is 0 Å². The number of fused-ring (bicyclic) bond motifs is 3. The Labute approximate surface area is 91.4 Å². The Bertz CT molecular complexity index is 408. The van der Waals surface area contributed by atoms with E-state index in [1.54, 1.807) is 0 Å². The molecule has 0 saturated carbocycles. The molecule has 0 radical (unpaired) electrons. The molecule has 1 saturated heterocycles. The van der Waals surface area contributed by atoms with Gasteiger partial charge in [0.05, 0.1) is 0 Å². The van der Waals surface area contributed by atoms with Gasteiger partial charge < -0.3 is 4.90 Å². The number of likely N-dealkylation sites (tertiary alicyclic amines) is 1. The number of piperidine rings is 1. The summed E-state index contributed by atoms with van der Waals surface area (Å²) in [6, 6.07) is 8.80. The van der Waals surface area contributed by atoms with Gasteiger partial charge in [-0.1, -0.05) is 30.8 Å². The van der Waals surface area contributed by atoms with E-state index in [4.69, 9.17) is 0 Å². The van der Waals surface area contributed by atoms with Crippen LogP contribution in [0.1, 0.15) is 23.5 Å². The highest BCUT2D eigenvalue weighted by molar-refractivity contribution is 5.74. The van der Waals surface area contributed by atoms with Crippen LogP contribution < -0.4 is 0 Å². The molecule has 2 atom stereocenters. The predicted octanol–water partition coefficient (Wildman–Crippen LogP) is 2.75. The summed E-state index contributed by atoms with van der Waals surface area (Å²) in [5.41, 5.74) is 4.32. The first-order valence-corrected chi connectivity index (χ1v) is 5.74. The van der Waals surface area contributed by atoms with Gasteiger partial charge in [-0.25, -0.2) is 0 Å². The smallest absolute Gasteiger partial charge is 0.00533 e. The molecule has 1 aliphatic heterocycles. The van der Waals surface area contributed by atoms with Crippen molar-refractivity contribution in [3.05, 3.63) is 42.0 Å². The van der Waals surface area contributed by atoms with E-state index < -0.39 is 0 Å². The highest BCUT2D eigenvalue weighted by Crippen LogP contribution is 2.48. The minimum absolute atomic E-state index is 0.701. The molecule has 1 heteroatoms. The highest BCUT2D eigenvalue weighted by atomic mass is 15.1. The number of hydrogen-bond acceptors (Lipinski definition) is 1. The van der Waals surface area contributed by atoms with E-state index in [1.807, 2.05) is 0 Å². The summed E-state index contributed by atoms with van der Waals surface area (Å²) >= 11 is 0. The van der Waals surface area contributed by atoms with Crippen molar-refractivity contribution in [2.75, 3.05) is 20.1 Å². The maximum atomic E-state index is 4.29. The normalized spacial score (nSPS) is 30.1. The predicted molar refractivity (Wildman–Crippen MR) is 63.8 cm³/mol. The molecule has 15 heavy (non-hydrogen) atoms. The highest BCUT2D eigenvalue weighted by Gasteiger charge is 2.37. The monoisotopic (exact) mass is 199 g/mol. The van der Waals surface area contributed by atoms with Gasteiger partial charge in [-0.3, -0.25) is 0 Å². The molecule has 0 bridgehead atoms. The molecule has 3 rings (SSSR count). The first-order chi connectivity index (χ1) is 7.27. The third kappa shape index (κ3) is 1.26. The molecule has 1 aromatic carbocycles. The summed E-state index contributed by atoms with van der Waals surface area (Å²) in [5.74, 6) is 1.41. The molecule has 78 valence electrons. The fraction of sp³-hybridized carbons (Fsp3) is 0.429. The standard InChI is InChI=1S/C14H17N/c1-10-11-5-3-4-6-13(11)14-9-15(2)8-7-12(10)14/h3-6,12,14H,1,7-9H2,2H3. The first kappa shape index (κ1) is 9.17. The summed E-state index contributed by atoms with van der Waals surface area (Å²) in [4.78, 5) is 2.44. The molecule has 1 aromatic rings. The molecule has 2 unspecified atom stereocenters. The molecule has 0 spiro atoms. The Kier molecular flexibility index (Phi) is 1.96. The molecule has 1 fully saturated rings. The molecular weight excluding hydrogens is 182 g/mol. The van der Waals surface area contributed by atoms with Crippen molar-refractivity contribution >= 4 is 5.57 Å². The minimum Gasteiger partial charge on any atom is -0.306 e. The first-order valence-electron chi connectivity index (χ1n) is 5.74. The lowest BCUT2D eigenvalue weighted by molar-refractivity contribution is 0.225. The van der Waals surface area contributed by atoms with E-state index >= 15 is 0 Å². The summed E-state index contributed by atoms with van der Waals surface area (Å²) in [7, 11) is 2.22. The van der Waals surface area contributed by atoms with Crippen molar-refractivity contribution < 1.29 is 0 Å². The van der Waals surface area contributed by atoms with Crippen LogP contribution in [0, 0.1) is 5.92 Å². The van der Waals surface area contributed by atoms with Crippen molar-refractivity contribution in [3.63, 3.8) is 0 Å². The number of rotatable bonds is 0. The minimum atomic E-state index is 0.701. The maximum Gasteiger partial charge on any atom is 0.00533 e. The number of hydrogen-bond donors (Lipinski definition) is 0. The number of nitrogens with zero attached hydrogens (tertiary/aromatic N) is 1. The molecule has 1 heterocycles. The van der Waals surface area contributed by atoms with Crippen LogP contribution in [-0.2, 0) is 0 Å². The second kappa shape index (κ2) is 3.21. The van der Waals surface area contributed by atoms with E-state index in [0.717, 1.165) is 0 Å². The fourth-order valence-corrected chi connectivity index (χ4v) is 3.16. The van der Waals surface area contributed by atoms with Crippen molar-refractivity contribution in [2.45, 2.75) is 12.3 Å². The van der Waals surface area contributed by atoms with Gasteiger partial charge in [0.2, 0.25) is 0 Å². The largest absolute Gasteiger partial charge is 0.306 e. The van der Waals surface area contributed by atoms with E-state index in [-0.39, 0.29) is 0 Å². The zero-order chi connectivity index (χ0) is 10.4. The lowest BCUT2D eigenvalue weighted by Gasteiger charge is -2.33. The van der Waals surface area contributed by atoms with Crippen LogP contribution in [0.2, 0.25) is 0 Å². The fourth-order valence-electron chi connectivity index (χ4n) is 3.16. The zero-order valence-electron chi connectivity index (χ0n) is 9.24. The average Bonchev–Trinajstić information content (AvgIpc) is 2.54. The molecule has 1 nitrogen and oxygen atoms in total. The van der Waals surface area contributed by atoms with Crippen LogP contribution in [-0.4, -0.2) is 25.0 Å². The van der Waals surface area contributed by atoms with Gasteiger partial charge in [0.15, 0.2) is 0 Å². The molecular formula is C14H17N. The SMILES string of the molecule is C=C1c2ccccc2C2CN(C)CCC12. The number of benzene rings is 1. The van der Waals surface area contributed by atoms with Gasteiger partial charge in [0, 0.05) is 12.5 Å². The van der Waals surface area contributed by atoms with Crippen LogP contribution in [0.15, 0.2) is 30.8 Å². The summed E-state index contributed by atoms with van der Waals surface area (Å²) in [5, 5.41) is 0. The third-order valence-electron chi connectivity index (χ3n) is 3.97. The maximum absolute atomic E-state index is 4.29. The van der Waals surface area contributed by atoms with E-state index in [1.165, 1.54) is 36.2 Å². The van der Waals surface area contributed by atoms with Gasteiger partial charge >= 0.3 is 0 Å². The van der Waals surface area contributed by atoms with Crippen molar-refractivity contribution in [2.24, 2.45) is 5.92 Å². The number of likely N-dealkylation sites (N-methyl/N-ethyl adjacent to an activating group) is 1. The lowest BCUT2D eigenvalue weighted by Crippen LogP contribution is -2.34. The molecule has 0 N–H and O–H groups in total. The Morgan fingerprint density at radius 2 is 2.07 bits per heavy atom. The van der Waals surface area contributed by atoms with Crippen LogP contribution in [0.25, 0.3) is 5.57 Å². The Hall–Kier alpha value is -1.08. The van der Waals surface area contributed by atoms with Gasteiger partial charge in [0.1, 0.15) is 0 Å². The number of allylic oxidation sites excluding steroid dienone is 1. The summed E-state index contributed by atoms with van der Waals surface area (Å²) in [6.07, 6.45) is 1.27. The van der Waals surface area contributed by atoms with Gasteiger partial charge in [-0.15, -0.1) is 0 Å². The summed E-state index contributed by atoms with van der Waals surface area (Å²) in [6.45, 7) is 6.70. The van der Waals surface area contributed by atoms with Crippen molar-refractivity contribution in [1.82, 2.24) is 4.90 Å².